The molecule has 0 aliphatic carbocycles. The van der Waals surface area contributed by atoms with Crippen LogP contribution in [0.5, 0.6) is 0 Å². The average molecular weight is 343 g/mol. The SMILES string of the molecule is CCCCCCCC/C=C\CCCCCCCCC[N+](O)(O)CC. The van der Waals surface area contributed by atoms with Gasteiger partial charge in [0, 0.05) is 6.42 Å². The molecule has 0 aromatic rings. The van der Waals surface area contributed by atoms with Crippen LogP contribution in [0.3, 0.4) is 0 Å². The second kappa shape index (κ2) is 17.4. The number of nitrogens with zero attached hydrogens (tertiary/aromatic N) is 1. The van der Waals surface area contributed by atoms with Gasteiger partial charge in [-0.1, -0.05) is 76.9 Å². The van der Waals surface area contributed by atoms with Gasteiger partial charge in [0.2, 0.25) is 0 Å². The molecule has 2 N–H and O–H groups in total. The number of hydrogen-bond acceptors (Lipinski definition) is 2. The Hall–Kier alpha value is -0.380. The van der Waals surface area contributed by atoms with Crippen LogP contribution < -0.4 is 0 Å². The number of rotatable bonds is 18. The van der Waals surface area contributed by atoms with Gasteiger partial charge in [-0.3, -0.25) is 0 Å². The average Bonchev–Trinajstić information content (AvgIpc) is 2.57. The fraction of sp³-hybridized carbons (Fsp3) is 0.905. The highest BCUT2D eigenvalue weighted by Gasteiger charge is 2.17. The van der Waals surface area contributed by atoms with Crippen LogP contribution in [0, 0.1) is 0 Å². The molecule has 0 heterocycles. The predicted molar refractivity (Wildman–Crippen MR) is 103 cm³/mol. The van der Waals surface area contributed by atoms with E-state index in [9.17, 15) is 10.4 Å². The van der Waals surface area contributed by atoms with Crippen LogP contribution in [0.1, 0.15) is 110 Å². The summed E-state index contributed by atoms with van der Waals surface area (Å²) in [6, 6.07) is 0. The van der Waals surface area contributed by atoms with Gasteiger partial charge < -0.3 is 0 Å². The Labute approximate surface area is 151 Å². The lowest BCUT2D eigenvalue weighted by Crippen LogP contribution is -2.41. The van der Waals surface area contributed by atoms with Crippen LogP contribution in [0.25, 0.3) is 0 Å². The fourth-order valence-electron chi connectivity index (χ4n) is 2.95. The molecule has 0 bridgehead atoms. The van der Waals surface area contributed by atoms with Crippen LogP contribution in [0.15, 0.2) is 12.2 Å². The summed E-state index contributed by atoms with van der Waals surface area (Å²) in [5.41, 5.74) is 0. The summed E-state index contributed by atoms with van der Waals surface area (Å²) in [5.74, 6) is 0. The molecule has 0 aliphatic rings. The molecule has 0 aromatic carbocycles. The second-order valence-electron chi connectivity index (χ2n) is 7.21. The summed E-state index contributed by atoms with van der Waals surface area (Å²) < 4.78 is 0. The minimum Gasteiger partial charge on any atom is -0.182 e. The lowest BCUT2D eigenvalue weighted by atomic mass is 10.1. The summed E-state index contributed by atoms with van der Waals surface area (Å²) >= 11 is 0. The predicted octanol–water partition coefficient (Wildman–Crippen LogP) is 7.03. The van der Waals surface area contributed by atoms with E-state index in [-0.39, 0.29) is 0 Å². The van der Waals surface area contributed by atoms with Crippen molar-refractivity contribution >= 4 is 0 Å². The lowest BCUT2D eigenvalue weighted by Gasteiger charge is -2.18. The Morgan fingerprint density at radius 3 is 1.46 bits per heavy atom. The van der Waals surface area contributed by atoms with Gasteiger partial charge in [-0.25, -0.2) is 0 Å². The van der Waals surface area contributed by atoms with Gasteiger partial charge in [0.1, 0.15) is 13.1 Å². The smallest absolute Gasteiger partial charge is 0.142 e. The van der Waals surface area contributed by atoms with E-state index in [0.717, 1.165) is 12.8 Å². The van der Waals surface area contributed by atoms with E-state index in [0.29, 0.717) is 13.1 Å². The van der Waals surface area contributed by atoms with Crippen molar-refractivity contribution in [2.75, 3.05) is 13.1 Å². The van der Waals surface area contributed by atoms with E-state index < -0.39 is 4.81 Å². The van der Waals surface area contributed by atoms with Crippen molar-refractivity contribution in [3.63, 3.8) is 0 Å². The minimum absolute atomic E-state index is 0.367. The Balaban J connectivity index is 3.15. The second-order valence-corrected chi connectivity index (χ2v) is 7.21. The molecule has 24 heavy (non-hydrogen) atoms. The molecule has 0 fully saturated rings. The number of hydrogen-bond donors (Lipinski definition) is 2. The third kappa shape index (κ3) is 18.0. The summed E-state index contributed by atoms with van der Waals surface area (Å²) in [6.07, 6.45) is 24.1. The van der Waals surface area contributed by atoms with E-state index in [1.54, 1.807) is 6.92 Å². The van der Waals surface area contributed by atoms with Gasteiger partial charge in [0.15, 0.2) is 0 Å². The monoisotopic (exact) mass is 342 g/mol. The van der Waals surface area contributed by atoms with Crippen molar-refractivity contribution in [3.8, 4) is 0 Å². The summed E-state index contributed by atoms with van der Waals surface area (Å²) in [4.78, 5) is -0.814. The van der Waals surface area contributed by atoms with Gasteiger partial charge in [-0.05, 0) is 43.8 Å². The van der Waals surface area contributed by atoms with Crippen LogP contribution in [0.2, 0.25) is 0 Å². The zero-order valence-electron chi connectivity index (χ0n) is 16.5. The lowest BCUT2D eigenvalue weighted by molar-refractivity contribution is -1.24. The third-order valence-electron chi connectivity index (χ3n) is 4.78. The molecule has 0 spiro atoms. The van der Waals surface area contributed by atoms with Crippen LogP contribution >= 0.6 is 0 Å². The minimum atomic E-state index is -0.814. The third-order valence-corrected chi connectivity index (χ3v) is 4.78. The van der Waals surface area contributed by atoms with E-state index in [1.807, 2.05) is 0 Å². The normalized spacial score (nSPS) is 12.3. The summed E-state index contributed by atoms with van der Waals surface area (Å²) in [5, 5.41) is 18.9. The molecule has 3 heteroatoms. The fourth-order valence-corrected chi connectivity index (χ4v) is 2.95. The van der Waals surface area contributed by atoms with Crippen molar-refractivity contribution < 1.29 is 15.2 Å². The number of unbranched alkanes of at least 4 members (excludes halogenated alkanes) is 13. The van der Waals surface area contributed by atoms with Crippen molar-refractivity contribution in [2.24, 2.45) is 0 Å². The number of quaternary nitrogens is 1. The highest BCUT2D eigenvalue weighted by Crippen LogP contribution is 2.11. The first-order chi connectivity index (χ1) is 11.6. The van der Waals surface area contributed by atoms with Crippen LogP contribution in [0.4, 0.5) is 0 Å². The van der Waals surface area contributed by atoms with Crippen LogP contribution in [-0.2, 0) is 0 Å². The van der Waals surface area contributed by atoms with Gasteiger partial charge in [-0.2, -0.15) is 10.4 Å². The first-order valence-corrected chi connectivity index (χ1v) is 10.6. The van der Waals surface area contributed by atoms with Crippen molar-refractivity contribution in [3.05, 3.63) is 12.2 Å². The van der Waals surface area contributed by atoms with Gasteiger partial charge in [0.05, 0.1) is 0 Å². The Morgan fingerprint density at radius 1 is 0.583 bits per heavy atom. The van der Waals surface area contributed by atoms with Crippen LogP contribution in [-0.4, -0.2) is 28.3 Å². The highest BCUT2D eigenvalue weighted by atomic mass is 16.8. The first kappa shape index (κ1) is 23.6. The molecule has 3 nitrogen and oxygen atoms in total. The Bertz CT molecular complexity index is 277. The molecule has 0 unspecified atom stereocenters. The van der Waals surface area contributed by atoms with E-state index in [2.05, 4.69) is 19.1 Å². The molecule has 0 aromatic heterocycles. The van der Waals surface area contributed by atoms with Gasteiger partial charge in [-0.15, -0.1) is 0 Å². The molecule has 0 amide bonds. The largest absolute Gasteiger partial charge is 0.182 e. The van der Waals surface area contributed by atoms with Gasteiger partial charge in [0.25, 0.3) is 0 Å². The first-order valence-electron chi connectivity index (χ1n) is 10.6. The maximum atomic E-state index is 9.44. The quantitative estimate of drug-likeness (QED) is 0.121. The molecular formula is C21H44NO2+. The zero-order valence-corrected chi connectivity index (χ0v) is 16.5. The van der Waals surface area contributed by atoms with E-state index in [1.165, 1.54) is 83.5 Å². The van der Waals surface area contributed by atoms with Gasteiger partial charge >= 0.3 is 0 Å². The maximum absolute atomic E-state index is 9.44. The molecule has 0 atom stereocenters. The molecular weight excluding hydrogens is 298 g/mol. The molecule has 144 valence electrons. The van der Waals surface area contributed by atoms with Crippen molar-refractivity contribution in [1.29, 1.82) is 0 Å². The molecule has 0 saturated carbocycles. The molecule has 0 aliphatic heterocycles. The zero-order chi connectivity index (χ0) is 17.9. The van der Waals surface area contributed by atoms with Crippen molar-refractivity contribution in [2.45, 2.75) is 110 Å². The standard InChI is InChI=1S/C21H44NO2/c1-3-5-6-7-8-9-10-11-12-13-14-15-16-17-18-19-20-21-22(23,24)4-2/h11-12,23-24H,3-10,13-21H2,1-2H3/q+1/b12-11-. The number of hydroxylamine groups is 4. The topological polar surface area (TPSA) is 40.5 Å². The van der Waals surface area contributed by atoms with E-state index >= 15 is 0 Å². The Morgan fingerprint density at radius 2 is 1.00 bits per heavy atom. The Kier molecular flexibility index (Phi) is 17.2. The maximum Gasteiger partial charge on any atom is 0.142 e. The van der Waals surface area contributed by atoms with Crippen molar-refractivity contribution in [1.82, 2.24) is 0 Å². The molecule has 0 rings (SSSR count). The number of allylic oxidation sites excluding steroid dienone is 2. The summed E-state index contributed by atoms with van der Waals surface area (Å²) in [7, 11) is 0. The molecule has 0 saturated heterocycles. The molecule has 0 radical (unpaired) electrons. The highest BCUT2D eigenvalue weighted by molar-refractivity contribution is 4.81. The van der Waals surface area contributed by atoms with E-state index in [4.69, 9.17) is 0 Å². The summed E-state index contributed by atoms with van der Waals surface area (Å²) in [6.45, 7) is 4.89.